The van der Waals surface area contributed by atoms with Crippen molar-refractivity contribution in [3.8, 4) is 0 Å². The number of rotatable bonds is 7. The molecule has 8 atom stereocenters. The molecule has 276 valence electrons. The van der Waals surface area contributed by atoms with Crippen LogP contribution < -0.4 is 0 Å². The zero-order valence-corrected chi connectivity index (χ0v) is 32.2. The van der Waals surface area contributed by atoms with Gasteiger partial charge in [0.2, 0.25) is 5.89 Å². The van der Waals surface area contributed by atoms with Gasteiger partial charge in [-0.3, -0.25) is 19.2 Å². The van der Waals surface area contributed by atoms with E-state index in [1.54, 1.807) is 25.7 Å². The number of carbonyl (C=O) groups excluding carboxylic acids is 3. The van der Waals surface area contributed by atoms with Crippen LogP contribution in [0.4, 0.5) is 0 Å². The number of allylic oxidation sites excluding steroid dienone is 1. The minimum absolute atomic E-state index is 0.00530. The van der Waals surface area contributed by atoms with E-state index in [9.17, 15) is 24.3 Å². The van der Waals surface area contributed by atoms with Gasteiger partial charge in [-0.25, -0.2) is 0 Å². The number of amides is 1. The Bertz CT molecular complexity index is 1640. The van der Waals surface area contributed by atoms with Gasteiger partial charge in [0, 0.05) is 25.8 Å². The van der Waals surface area contributed by atoms with Crippen LogP contribution in [0, 0.1) is 57.7 Å². The second-order valence-electron chi connectivity index (χ2n) is 18.9. The van der Waals surface area contributed by atoms with E-state index < -0.39 is 22.9 Å². The van der Waals surface area contributed by atoms with E-state index in [1.165, 1.54) is 5.57 Å². The molecule has 1 aromatic rings. The van der Waals surface area contributed by atoms with Gasteiger partial charge in [0.05, 0.1) is 17.4 Å². The summed E-state index contributed by atoms with van der Waals surface area (Å²) < 4.78 is 11.7. The Morgan fingerprint density at radius 3 is 2.24 bits per heavy atom. The highest BCUT2D eigenvalue weighted by molar-refractivity contribution is 6.03. The summed E-state index contributed by atoms with van der Waals surface area (Å²) >= 11 is 0. The van der Waals surface area contributed by atoms with Crippen LogP contribution >= 0.6 is 0 Å². The van der Waals surface area contributed by atoms with Crippen molar-refractivity contribution in [2.45, 2.75) is 145 Å². The van der Waals surface area contributed by atoms with Crippen molar-refractivity contribution in [2.75, 3.05) is 7.05 Å². The number of nitrogens with zero attached hydrogens (tertiary/aromatic N) is 3. The SMILES string of the molecule is Cc1nnc(C(=O)N(C)[C@@]23CC[C@]4(C)C(CC[C@@H]5[C@@]6(C)CC[C@H](OC(=O)CC(C)(C)C(=O)O)C(C)(C)[C@@H]6CC[C@]54C)C2=C(C(C)C)C(=O)C3)o1. The maximum absolute atomic E-state index is 14.0. The van der Waals surface area contributed by atoms with Crippen LogP contribution in [0.25, 0.3) is 0 Å². The second kappa shape index (κ2) is 11.7. The molecule has 4 saturated carbocycles. The summed E-state index contributed by atoms with van der Waals surface area (Å²) in [7, 11) is 1.82. The molecule has 1 unspecified atom stereocenters. The van der Waals surface area contributed by atoms with E-state index in [0.717, 1.165) is 50.5 Å². The van der Waals surface area contributed by atoms with Crippen molar-refractivity contribution >= 4 is 23.6 Å². The number of carbonyl (C=O) groups is 4. The highest BCUT2D eigenvalue weighted by atomic mass is 16.5. The van der Waals surface area contributed by atoms with Crippen LogP contribution in [0.2, 0.25) is 0 Å². The Kier molecular flexibility index (Phi) is 8.63. The van der Waals surface area contributed by atoms with Gasteiger partial charge in [-0.2, -0.15) is 0 Å². The fourth-order valence-electron chi connectivity index (χ4n) is 12.6. The van der Waals surface area contributed by atoms with Gasteiger partial charge in [0.25, 0.3) is 0 Å². The molecule has 1 amide bonds. The first kappa shape index (κ1) is 36.7. The number of hydrogen-bond acceptors (Lipinski definition) is 8. The quantitative estimate of drug-likeness (QED) is 0.286. The molecule has 0 aliphatic heterocycles. The van der Waals surface area contributed by atoms with Crippen molar-refractivity contribution in [1.82, 2.24) is 15.1 Å². The average molecular weight is 694 g/mol. The molecule has 0 saturated heterocycles. The normalized spacial score (nSPS) is 37.8. The molecule has 50 heavy (non-hydrogen) atoms. The number of aromatic nitrogens is 2. The Morgan fingerprint density at radius 1 is 0.960 bits per heavy atom. The topological polar surface area (TPSA) is 140 Å². The minimum Gasteiger partial charge on any atom is -0.481 e. The number of ketones is 1. The number of aliphatic carboxylic acids is 1. The Labute approximate surface area is 297 Å². The van der Waals surface area contributed by atoms with Crippen molar-refractivity contribution in [2.24, 2.45) is 50.7 Å². The van der Waals surface area contributed by atoms with E-state index in [2.05, 4.69) is 58.7 Å². The van der Waals surface area contributed by atoms with Crippen molar-refractivity contribution in [3.63, 3.8) is 0 Å². The number of carboxylic acid groups (broad SMARTS) is 1. The summed E-state index contributed by atoms with van der Waals surface area (Å²) in [6, 6.07) is 0. The average Bonchev–Trinajstić information content (AvgIpc) is 3.58. The van der Waals surface area contributed by atoms with Gasteiger partial charge in [-0.05, 0) is 116 Å². The van der Waals surface area contributed by atoms with Gasteiger partial charge in [0.15, 0.2) is 5.78 Å². The van der Waals surface area contributed by atoms with E-state index in [0.29, 0.717) is 30.6 Å². The number of fused-ring (bicyclic) bond motifs is 7. The molecular weight excluding hydrogens is 634 g/mol. The van der Waals surface area contributed by atoms with E-state index in [4.69, 9.17) is 9.15 Å². The molecule has 1 aromatic heterocycles. The molecule has 10 nitrogen and oxygen atoms in total. The number of carboxylic acids is 1. The van der Waals surface area contributed by atoms with Gasteiger partial charge < -0.3 is 19.2 Å². The number of Topliss-reactive ketones (excluding diaryl/α,β-unsaturated/α-hetero) is 1. The number of likely N-dealkylation sites (N-methyl/N-ethyl adjacent to an activating group) is 1. The summed E-state index contributed by atoms with van der Waals surface area (Å²) in [5, 5.41) is 17.5. The standard InChI is InChI=1S/C40H59N3O7/c1-22(2)30-25(44)20-40(43(11)33(46)32-42-41-23(3)49-32)19-18-38(9)24(31(30)40)12-13-27-37(8)16-15-28(50-29(45)21-35(4,5)34(47)48)36(6,7)26(37)14-17-39(27,38)10/h22,24,26-28H,12-21H2,1-11H3,(H,47,48)/t24?,26-,27+,28-,37-,38+,39+,40+/m0/s1. The van der Waals surface area contributed by atoms with E-state index in [-0.39, 0.29) is 63.6 Å². The highest BCUT2D eigenvalue weighted by Gasteiger charge is 2.71. The highest BCUT2D eigenvalue weighted by Crippen LogP contribution is 2.76. The fourth-order valence-corrected chi connectivity index (χ4v) is 12.6. The van der Waals surface area contributed by atoms with Crippen LogP contribution in [0.3, 0.4) is 0 Å². The Balaban J connectivity index is 1.32. The lowest BCUT2D eigenvalue weighted by atomic mass is 9.33. The van der Waals surface area contributed by atoms with Crippen LogP contribution in [-0.2, 0) is 19.1 Å². The number of esters is 1. The maximum atomic E-state index is 14.0. The summed E-state index contributed by atoms with van der Waals surface area (Å²) in [6.45, 7) is 21.0. The molecule has 0 spiro atoms. The molecule has 1 heterocycles. The molecule has 0 radical (unpaired) electrons. The third kappa shape index (κ3) is 5.07. The smallest absolute Gasteiger partial charge is 0.311 e. The van der Waals surface area contributed by atoms with Gasteiger partial charge >= 0.3 is 23.7 Å². The van der Waals surface area contributed by atoms with Crippen LogP contribution in [0.1, 0.15) is 143 Å². The second-order valence-corrected chi connectivity index (χ2v) is 18.9. The fraction of sp³-hybridized carbons (Fsp3) is 0.800. The van der Waals surface area contributed by atoms with Gasteiger partial charge in [0.1, 0.15) is 6.10 Å². The lowest BCUT2D eigenvalue weighted by Crippen LogP contribution is -2.67. The number of hydrogen-bond donors (Lipinski definition) is 1. The van der Waals surface area contributed by atoms with Gasteiger partial charge in [-0.15, -0.1) is 10.2 Å². The van der Waals surface area contributed by atoms with Gasteiger partial charge in [-0.1, -0.05) is 48.5 Å². The van der Waals surface area contributed by atoms with Crippen LogP contribution in [0.15, 0.2) is 15.6 Å². The Hall–Kier alpha value is -3.04. The summed E-state index contributed by atoms with van der Waals surface area (Å²) in [6.07, 6.45) is 7.29. The summed E-state index contributed by atoms with van der Waals surface area (Å²) in [5.74, 6) is -0.290. The first-order valence-electron chi connectivity index (χ1n) is 18.9. The molecule has 0 bridgehead atoms. The molecule has 0 aromatic carbocycles. The lowest BCUT2D eigenvalue weighted by molar-refractivity contribution is -0.233. The first-order valence-corrected chi connectivity index (χ1v) is 18.9. The third-order valence-corrected chi connectivity index (χ3v) is 15.4. The van der Waals surface area contributed by atoms with Crippen molar-refractivity contribution < 1.29 is 33.4 Å². The zero-order valence-electron chi connectivity index (χ0n) is 32.2. The molecule has 10 heteroatoms. The van der Waals surface area contributed by atoms with E-state index in [1.807, 2.05) is 7.05 Å². The molecule has 5 aliphatic carbocycles. The minimum atomic E-state index is -1.18. The first-order chi connectivity index (χ1) is 23.1. The largest absolute Gasteiger partial charge is 0.481 e. The summed E-state index contributed by atoms with van der Waals surface area (Å²) in [4.78, 5) is 54.5. The molecule has 1 N–H and O–H groups in total. The molecule has 4 fully saturated rings. The Morgan fingerprint density at radius 2 is 1.64 bits per heavy atom. The number of ether oxygens (including phenoxy) is 1. The third-order valence-electron chi connectivity index (χ3n) is 15.4. The zero-order chi connectivity index (χ0) is 37.0. The van der Waals surface area contributed by atoms with Crippen LogP contribution in [0.5, 0.6) is 0 Å². The predicted octanol–water partition coefficient (Wildman–Crippen LogP) is 7.60. The van der Waals surface area contributed by atoms with Crippen molar-refractivity contribution in [1.29, 1.82) is 0 Å². The molecular formula is C40H59N3O7. The number of aryl methyl sites for hydroxylation is 1. The monoisotopic (exact) mass is 693 g/mol. The lowest BCUT2D eigenvalue weighted by Gasteiger charge is -2.72. The molecule has 6 rings (SSSR count). The summed E-state index contributed by atoms with van der Waals surface area (Å²) in [5.41, 5.74) is -0.0806. The maximum Gasteiger partial charge on any atom is 0.311 e. The predicted molar refractivity (Wildman–Crippen MR) is 187 cm³/mol. The molecule has 5 aliphatic rings. The van der Waals surface area contributed by atoms with Crippen LogP contribution in [-0.4, -0.2) is 62.5 Å². The van der Waals surface area contributed by atoms with Crippen molar-refractivity contribution in [3.05, 3.63) is 22.9 Å². The van der Waals surface area contributed by atoms with E-state index >= 15 is 0 Å².